The van der Waals surface area contributed by atoms with Crippen LogP contribution in [-0.4, -0.2) is 47.9 Å². The number of nitrogens with one attached hydrogen (secondary N) is 1. The summed E-state index contributed by atoms with van der Waals surface area (Å²) in [4.78, 5) is 27.5. The quantitative estimate of drug-likeness (QED) is 0.867. The van der Waals surface area contributed by atoms with Crippen molar-refractivity contribution in [1.82, 2.24) is 9.80 Å². The number of carbonyl (C=O) groups excluding carboxylic acids is 2. The molecule has 5 heteroatoms. The van der Waals surface area contributed by atoms with Gasteiger partial charge in [-0.3, -0.25) is 4.79 Å². The number of urea groups is 1. The summed E-state index contributed by atoms with van der Waals surface area (Å²) >= 11 is 0. The summed E-state index contributed by atoms with van der Waals surface area (Å²) in [5.41, 5.74) is 4.32. The third-order valence-corrected chi connectivity index (χ3v) is 4.31. The van der Waals surface area contributed by atoms with E-state index in [0.717, 1.165) is 24.2 Å². The highest BCUT2D eigenvalue weighted by Gasteiger charge is 2.20. The van der Waals surface area contributed by atoms with Gasteiger partial charge in [-0.2, -0.15) is 0 Å². The molecule has 0 radical (unpaired) electrons. The Balaban J connectivity index is 2.03. The van der Waals surface area contributed by atoms with Gasteiger partial charge in [0.15, 0.2) is 0 Å². The molecule has 0 unspecified atom stereocenters. The van der Waals surface area contributed by atoms with Gasteiger partial charge in [-0.25, -0.2) is 4.79 Å². The Kier molecular flexibility index (Phi) is 5.06. The number of benzene rings is 1. The highest BCUT2D eigenvalue weighted by atomic mass is 16.2. The molecule has 2 rings (SSSR count). The molecule has 1 aromatic carbocycles. The molecule has 3 amide bonds. The molecule has 0 aromatic heterocycles. The summed E-state index contributed by atoms with van der Waals surface area (Å²) in [6, 6.07) is 4.02. The molecular weight excluding hydrogens is 278 g/mol. The first kappa shape index (κ1) is 16.3. The Hall–Kier alpha value is -2.04. The van der Waals surface area contributed by atoms with Crippen molar-refractivity contribution < 1.29 is 9.59 Å². The molecule has 1 aliphatic rings. The zero-order valence-electron chi connectivity index (χ0n) is 13.9. The van der Waals surface area contributed by atoms with Gasteiger partial charge in [0.1, 0.15) is 0 Å². The number of rotatable bonds is 1. The van der Waals surface area contributed by atoms with Crippen LogP contribution in [0.15, 0.2) is 12.1 Å². The smallest absolute Gasteiger partial charge is 0.321 e. The molecule has 0 aliphatic carbocycles. The monoisotopic (exact) mass is 303 g/mol. The van der Waals surface area contributed by atoms with Crippen LogP contribution in [-0.2, 0) is 4.79 Å². The van der Waals surface area contributed by atoms with E-state index in [1.165, 1.54) is 11.1 Å². The largest absolute Gasteiger partial charge is 0.341 e. The Morgan fingerprint density at radius 2 is 1.50 bits per heavy atom. The second kappa shape index (κ2) is 6.81. The van der Waals surface area contributed by atoms with E-state index in [0.29, 0.717) is 19.6 Å². The lowest BCUT2D eigenvalue weighted by Crippen LogP contribution is -2.39. The predicted octanol–water partition coefficient (Wildman–Crippen LogP) is 2.70. The first-order valence-electron chi connectivity index (χ1n) is 7.78. The molecule has 1 saturated heterocycles. The van der Waals surface area contributed by atoms with Crippen LogP contribution in [0.5, 0.6) is 0 Å². The SMILES string of the molecule is CC(=O)N1CCCN(C(=O)Nc2cc(C)c(C)cc2C)CC1. The van der Waals surface area contributed by atoms with E-state index in [4.69, 9.17) is 0 Å². The number of hydrogen-bond donors (Lipinski definition) is 1. The van der Waals surface area contributed by atoms with Crippen molar-refractivity contribution in [3.8, 4) is 0 Å². The van der Waals surface area contributed by atoms with Gasteiger partial charge in [0, 0.05) is 38.8 Å². The summed E-state index contributed by atoms with van der Waals surface area (Å²) in [5.74, 6) is 0.0762. The van der Waals surface area contributed by atoms with Crippen molar-refractivity contribution in [2.75, 3.05) is 31.5 Å². The number of aryl methyl sites for hydroxylation is 3. The van der Waals surface area contributed by atoms with Crippen molar-refractivity contribution >= 4 is 17.6 Å². The average molecular weight is 303 g/mol. The Morgan fingerprint density at radius 3 is 2.18 bits per heavy atom. The van der Waals surface area contributed by atoms with E-state index in [9.17, 15) is 9.59 Å². The maximum atomic E-state index is 12.5. The molecule has 22 heavy (non-hydrogen) atoms. The Morgan fingerprint density at radius 1 is 0.909 bits per heavy atom. The number of amides is 3. The zero-order chi connectivity index (χ0) is 16.3. The molecule has 1 fully saturated rings. The number of anilines is 1. The normalized spacial score (nSPS) is 15.5. The van der Waals surface area contributed by atoms with Crippen LogP contribution in [0.3, 0.4) is 0 Å². The lowest BCUT2D eigenvalue weighted by atomic mass is 10.1. The van der Waals surface area contributed by atoms with Crippen molar-refractivity contribution in [2.45, 2.75) is 34.1 Å². The minimum atomic E-state index is -0.0863. The molecule has 1 aliphatic heterocycles. The highest BCUT2D eigenvalue weighted by molar-refractivity contribution is 5.90. The van der Waals surface area contributed by atoms with Crippen LogP contribution in [0.2, 0.25) is 0 Å². The van der Waals surface area contributed by atoms with Gasteiger partial charge in [0.2, 0.25) is 5.91 Å². The van der Waals surface area contributed by atoms with E-state index in [1.54, 1.807) is 16.7 Å². The first-order valence-corrected chi connectivity index (χ1v) is 7.78. The lowest BCUT2D eigenvalue weighted by molar-refractivity contribution is -0.128. The summed E-state index contributed by atoms with van der Waals surface area (Å²) in [6.45, 7) is 10.3. The fourth-order valence-electron chi connectivity index (χ4n) is 2.72. The molecule has 1 heterocycles. The zero-order valence-corrected chi connectivity index (χ0v) is 13.9. The molecule has 1 aromatic rings. The standard InChI is InChI=1S/C17H25N3O2/c1-12-10-14(3)16(11-13(12)2)18-17(22)20-7-5-6-19(8-9-20)15(4)21/h10-11H,5-9H2,1-4H3,(H,18,22). The van der Waals surface area contributed by atoms with Crippen LogP contribution >= 0.6 is 0 Å². The second-order valence-electron chi connectivity index (χ2n) is 6.03. The van der Waals surface area contributed by atoms with Gasteiger partial charge in [-0.15, -0.1) is 0 Å². The molecule has 5 nitrogen and oxygen atoms in total. The minimum Gasteiger partial charge on any atom is -0.341 e. The van der Waals surface area contributed by atoms with Gasteiger partial charge in [0.25, 0.3) is 0 Å². The maximum absolute atomic E-state index is 12.5. The van der Waals surface area contributed by atoms with E-state index < -0.39 is 0 Å². The van der Waals surface area contributed by atoms with Crippen LogP contribution in [0.1, 0.15) is 30.0 Å². The van der Waals surface area contributed by atoms with Crippen molar-refractivity contribution in [3.63, 3.8) is 0 Å². The Labute approximate surface area is 132 Å². The van der Waals surface area contributed by atoms with Crippen molar-refractivity contribution in [1.29, 1.82) is 0 Å². The topological polar surface area (TPSA) is 52.7 Å². The van der Waals surface area contributed by atoms with Gasteiger partial charge < -0.3 is 15.1 Å². The molecular formula is C17H25N3O2. The van der Waals surface area contributed by atoms with Crippen LogP contribution in [0.25, 0.3) is 0 Å². The Bertz CT molecular complexity index is 584. The van der Waals surface area contributed by atoms with Crippen molar-refractivity contribution in [3.05, 3.63) is 28.8 Å². The summed E-state index contributed by atoms with van der Waals surface area (Å²) in [7, 11) is 0. The maximum Gasteiger partial charge on any atom is 0.321 e. The van der Waals surface area contributed by atoms with Crippen LogP contribution < -0.4 is 5.32 Å². The molecule has 1 N–H and O–H groups in total. The molecule has 0 saturated carbocycles. The summed E-state index contributed by atoms with van der Waals surface area (Å²) in [6.07, 6.45) is 0.818. The number of hydrogen-bond acceptors (Lipinski definition) is 2. The minimum absolute atomic E-state index is 0.0762. The van der Waals surface area contributed by atoms with Gasteiger partial charge in [-0.1, -0.05) is 6.07 Å². The lowest BCUT2D eigenvalue weighted by Gasteiger charge is -2.22. The fraction of sp³-hybridized carbons (Fsp3) is 0.529. The van der Waals surface area contributed by atoms with Crippen LogP contribution in [0.4, 0.5) is 10.5 Å². The second-order valence-corrected chi connectivity index (χ2v) is 6.03. The first-order chi connectivity index (χ1) is 10.4. The summed E-state index contributed by atoms with van der Waals surface area (Å²) in [5, 5.41) is 3.00. The van der Waals surface area contributed by atoms with Gasteiger partial charge in [0.05, 0.1) is 0 Å². The fourth-order valence-corrected chi connectivity index (χ4v) is 2.72. The van der Waals surface area contributed by atoms with E-state index in [1.807, 2.05) is 19.9 Å². The van der Waals surface area contributed by atoms with Gasteiger partial charge in [-0.05, 0) is 49.9 Å². The number of carbonyl (C=O) groups is 2. The van der Waals surface area contributed by atoms with E-state index >= 15 is 0 Å². The predicted molar refractivity (Wildman–Crippen MR) is 88.1 cm³/mol. The molecule has 0 atom stereocenters. The average Bonchev–Trinajstić information content (AvgIpc) is 2.70. The molecule has 0 bridgehead atoms. The highest BCUT2D eigenvalue weighted by Crippen LogP contribution is 2.20. The molecule has 120 valence electrons. The molecule has 0 spiro atoms. The number of nitrogens with zero attached hydrogens (tertiary/aromatic N) is 2. The third-order valence-electron chi connectivity index (χ3n) is 4.31. The third kappa shape index (κ3) is 3.78. The van der Waals surface area contributed by atoms with E-state index in [-0.39, 0.29) is 11.9 Å². The van der Waals surface area contributed by atoms with E-state index in [2.05, 4.69) is 18.3 Å². The van der Waals surface area contributed by atoms with Crippen molar-refractivity contribution in [2.24, 2.45) is 0 Å². The van der Waals surface area contributed by atoms with Gasteiger partial charge >= 0.3 is 6.03 Å². The van der Waals surface area contributed by atoms with Crippen LogP contribution in [0, 0.1) is 20.8 Å². The summed E-state index contributed by atoms with van der Waals surface area (Å²) < 4.78 is 0.